The van der Waals surface area contributed by atoms with Crippen molar-refractivity contribution in [3.8, 4) is 5.75 Å². The van der Waals surface area contributed by atoms with Gasteiger partial charge in [0.05, 0.1) is 7.11 Å². The fourth-order valence-corrected chi connectivity index (χ4v) is 6.29. The molecule has 7 heteroatoms. The standard InChI is InChI=1S/C23H30N2O3S.ClH/c1-18-9-10-23(22(14-18)28-2)29(26,27)25-12-5-6-19(16-25)15-24-13-11-20-7-3-4-8-21(20)17-24;/h3-4,7-10,14,19H,5-6,11-13,15-17H2,1-2H3;1H. The Hall–Kier alpha value is -1.60. The topological polar surface area (TPSA) is 49.9 Å². The van der Waals surface area contributed by atoms with Gasteiger partial charge in [0.1, 0.15) is 10.6 Å². The predicted molar refractivity (Wildman–Crippen MR) is 122 cm³/mol. The van der Waals surface area contributed by atoms with E-state index < -0.39 is 10.0 Å². The third-order valence-corrected chi connectivity index (χ3v) is 8.05. The molecule has 1 saturated heterocycles. The third-order valence-electron chi connectivity index (χ3n) is 6.14. The average Bonchev–Trinajstić information content (AvgIpc) is 2.73. The quantitative estimate of drug-likeness (QED) is 0.693. The fourth-order valence-electron chi connectivity index (χ4n) is 4.60. The lowest BCUT2D eigenvalue weighted by Gasteiger charge is -2.36. The maximum atomic E-state index is 13.3. The highest BCUT2D eigenvalue weighted by atomic mass is 35.5. The van der Waals surface area contributed by atoms with E-state index in [-0.39, 0.29) is 17.3 Å². The molecule has 30 heavy (non-hydrogen) atoms. The van der Waals surface area contributed by atoms with Crippen LogP contribution in [0.4, 0.5) is 0 Å². The summed E-state index contributed by atoms with van der Waals surface area (Å²) in [5, 5.41) is 0. The summed E-state index contributed by atoms with van der Waals surface area (Å²) in [6.07, 6.45) is 3.06. The van der Waals surface area contributed by atoms with Crippen LogP contribution in [0.15, 0.2) is 47.4 Å². The number of piperidine rings is 1. The smallest absolute Gasteiger partial charge is 0.246 e. The van der Waals surface area contributed by atoms with Crippen LogP contribution in [-0.2, 0) is 23.0 Å². The maximum Gasteiger partial charge on any atom is 0.246 e. The maximum absolute atomic E-state index is 13.3. The Balaban J connectivity index is 0.00000256. The van der Waals surface area contributed by atoms with Gasteiger partial charge in [-0.3, -0.25) is 4.90 Å². The van der Waals surface area contributed by atoms with Gasteiger partial charge in [0.15, 0.2) is 0 Å². The van der Waals surface area contributed by atoms with Crippen molar-refractivity contribution in [2.45, 2.75) is 37.6 Å². The van der Waals surface area contributed by atoms with E-state index >= 15 is 0 Å². The van der Waals surface area contributed by atoms with Crippen molar-refractivity contribution in [1.82, 2.24) is 9.21 Å². The molecule has 0 aliphatic carbocycles. The first-order valence-electron chi connectivity index (χ1n) is 10.4. The minimum Gasteiger partial charge on any atom is -0.495 e. The molecule has 164 valence electrons. The Labute approximate surface area is 186 Å². The number of aryl methyl sites for hydroxylation is 1. The van der Waals surface area contributed by atoms with Gasteiger partial charge in [-0.1, -0.05) is 30.3 Å². The largest absolute Gasteiger partial charge is 0.495 e. The predicted octanol–water partition coefficient (Wildman–Crippen LogP) is 3.88. The van der Waals surface area contributed by atoms with E-state index in [1.165, 1.54) is 18.2 Å². The van der Waals surface area contributed by atoms with Crippen LogP contribution in [0.1, 0.15) is 29.5 Å². The van der Waals surface area contributed by atoms with E-state index in [1.807, 2.05) is 13.0 Å². The highest BCUT2D eigenvalue weighted by Gasteiger charge is 2.33. The zero-order chi connectivity index (χ0) is 20.4. The van der Waals surface area contributed by atoms with Gasteiger partial charge in [0, 0.05) is 32.7 Å². The van der Waals surface area contributed by atoms with Gasteiger partial charge in [-0.25, -0.2) is 8.42 Å². The molecule has 0 amide bonds. The van der Waals surface area contributed by atoms with E-state index in [0.717, 1.165) is 44.5 Å². The summed E-state index contributed by atoms with van der Waals surface area (Å²) in [5.41, 5.74) is 3.84. The molecule has 5 nitrogen and oxygen atoms in total. The van der Waals surface area contributed by atoms with Gasteiger partial charge in [-0.05, 0) is 60.9 Å². The molecule has 2 heterocycles. The fraction of sp³-hybridized carbons (Fsp3) is 0.478. The monoisotopic (exact) mass is 450 g/mol. The van der Waals surface area contributed by atoms with Gasteiger partial charge >= 0.3 is 0 Å². The third kappa shape index (κ3) is 4.83. The number of nitrogens with zero attached hydrogens (tertiary/aromatic N) is 2. The van der Waals surface area contributed by atoms with Crippen molar-refractivity contribution in [1.29, 1.82) is 0 Å². The van der Waals surface area contributed by atoms with E-state index in [2.05, 4.69) is 29.2 Å². The summed E-state index contributed by atoms with van der Waals surface area (Å²) in [7, 11) is -2.03. The molecule has 0 saturated carbocycles. The molecule has 1 atom stereocenters. The van der Waals surface area contributed by atoms with Gasteiger partial charge in [0.2, 0.25) is 10.0 Å². The molecule has 4 rings (SSSR count). The molecule has 0 spiro atoms. The molecule has 2 aliphatic heterocycles. The Morgan fingerprint density at radius 1 is 1.10 bits per heavy atom. The SMILES string of the molecule is COc1cc(C)ccc1S(=O)(=O)N1CCCC(CN2CCc3ccccc3C2)C1.Cl. The first-order chi connectivity index (χ1) is 14.0. The van der Waals surface area contributed by atoms with Crippen LogP contribution in [0.5, 0.6) is 5.75 Å². The molecule has 0 aromatic heterocycles. The number of halogens is 1. The molecule has 0 N–H and O–H groups in total. The molecule has 2 aliphatic rings. The lowest BCUT2D eigenvalue weighted by molar-refractivity contribution is 0.167. The second-order valence-corrected chi connectivity index (χ2v) is 10.2. The Morgan fingerprint density at radius 3 is 2.63 bits per heavy atom. The van der Waals surface area contributed by atoms with Crippen molar-refractivity contribution < 1.29 is 13.2 Å². The molecule has 2 aromatic rings. The van der Waals surface area contributed by atoms with Crippen LogP contribution in [0.2, 0.25) is 0 Å². The summed E-state index contributed by atoms with van der Waals surface area (Å²) >= 11 is 0. The highest BCUT2D eigenvalue weighted by Crippen LogP contribution is 2.31. The number of rotatable bonds is 5. The molecule has 0 radical (unpaired) electrons. The number of benzene rings is 2. The van der Waals surface area contributed by atoms with Crippen LogP contribution in [-0.4, -0.2) is 50.9 Å². The molecular weight excluding hydrogens is 420 g/mol. The van der Waals surface area contributed by atoms with Crippen LogP contribution < -0.4 is 4.74 Å². The zero-order valence-electron chi connectivity index (χ0n) is 17.7. The van der Waals surface area contributed by atoms with Gasteiger partial charge in [0.25, 0.3) is 0 Å². The molecule has 1 fully saturated rings. The number of sulfonamides is 1. The number of methoxy groups -OCH3 is 1. The number of fused-ring (bicyclic) bond motifs is 1. The van der Waals surface area contributed by atoms with Crippen LogP contribution in [0.3, 0.4) is 0 Å². The van der Waals surface area contributed by atoms with Crippen molar-refractivity contribution in [2.75, 3.05) is 33.3 Å². The van der Waals surface area contributed by atoms with Crippen molar-refractivity contribution >= 4 is 22.4 Å². The average molecular weight is 451 g/mol. The first kappa shape index (κ1) is 23.1. The minimum absolute atomic E-state index is 0. The molecule has 0 bridgehead atoms. The van der Waals surface area contributed by atoms with Crippen LogP contribution in [0.25, 0.3) is 0 Å². The second-order valence-electron chi connectivity index (χ2n) is 8.28. The normalized spacial score (nSPS) is 20.3. The van der Waals surface area contributed by atoms with Gasteiger partial charge < -0.3 is 4.74 Å². The van der Waals surface area contributed by atoms with Crippen molar-refractivity contribution in [3.63, 3.8) is 0 Å². The van der Waals surface area contributed by atoms with Crippen LogP contribution >= 0.6 is 12.4 Å². The number of ether oxygens (including phenoxy) is 1. The zero-order valence-corrected chi connectivity index (χ0v) is 19.3. The van der Waals surface area contributed by atoms with Gasteiger partial charge in [-0.15, -0.1) is 12.4 Å². The lowest BCUT2D eigenvalue weighted by Crippen LogP contribution is -2.44. The number of hydrogen-bond acceptors (Lipinski definition) is 4. The second kappa shape index (κ2) is 9.69. The lowest BCUT2D eigenvalue weighted by atomic mass is 9.95. The van der Waals surface area contributed by atoms with E-state index in [1.54, 1.807) is 16.4 Å². The Bertz CT molecular complexity index is 980. The summed E-state index contributed by atoms with van der Waals surface area (Å²) < 4.78 is 33.7. The summed E-state index contributed by atoms with van der Waals surface area (Å²) in [6.45, 7) is 6.06. The van der Waals surface area contributed by atoms with Crippen molar-refractivity contribution in [3.05, 3.63) is 59.2 Å². The van der Waals surface area contributed by atoms with E-state index in [4.69, 9.17) is 4.74 Å². The van der Waals surface area contributed by atoms with Gasteiger partial charge in [-0.2, -0.15) is 4.31 Å². The van der Waals surface area contributed by atoms with Crippen LogP contribution in [0, 0.1) is 12.8 Å². The molecular formula is C23H31ClN2O3S. The number of hydrogen-bond donors (Lipinski definition) is 0. The molecule has 2 aromatic carbocycles. The summed E-state index contributed by atoms with van der Waals surface area (Å²) in [5.74, 6) is 0.792. The first-order valence-corrected chi connectivity index (χ1v) is 11.9. The Kier molecular flexibility index (Phi) is 7.45. The summed E-state index contributed by atoms with van der Waals surface area (Å²) in [6, 6.07) is 13.9. The summed E-state index contributed by atoms with van der Waals surface area (Å²) in [4.78, 5) is 2.76. The minimum atomic E-state index is -3.55. The Morgan fingerprint density at radius 2 is 1.87 bits per heavy atom. The van der Waals surface area contributed by atoms with Crippen molar-refractivity contribution in [2.24, 2.45) is 5.92 Å². The molecule has 1 unspecified atom stereocenters. The highest BCUT2D eigenvalue weighted by molar-refractivity contribution is 7.89. The van der Waals surface area contributed by atoms with E-state index in [9.17, 15) is 8.42 Å². The van der Waals surface area contributed by atoms with E-state index in [0.29, 0.717) is 24.8 Å².